The van der Waals surface area contributed by atoms with Gasteiger partial charge in [-0.3, -0.25) is 9.59 Å². The minimum atomic E-state index is 0.00573. The molecule has 0 bridgehead atoms. The fraction of sp³-hybridized carbons (Fsp3) is 0.684. The number of amides is 2. The molecule has 1 saturated carbocycles. The van der Waals surface area contributed by atoms with E-state index < -0.39 is 0 Å². The summed E-state index contributed by atoms with van der Waals surface area (Å²) in [5, 5.41) is 0. The van der Waals surface area contributed by atoms with Crippen molar-refractivity contribution < 1.29 is 9.59 Å². The number of aromatic nitrogens is 2. The lowest BCUT2D eigenvalue weighted by atomic mass is 9.84. The van der Waals surface area contributed by atoms with E-state index in [0.717, 1.165) is 68.7 Å². The number of nitrogens with zero attached hydrogens (tertiary/aromatic N) is 4. The van der Waals surface area contributed by atoms with E-state index >= 15 is 0 Å². The van der Waals surface area contributed by atoms with Crippen molar-refractivity contribution in [2.24, 2.45) is 5.92 Å². The molecule has 1 aliphatic carbocycles. The molecule has 3 aliphatic rings. The van der Waals surface area contributed by atoms with Crippen molar-refractivity contribution in [1.82, 2.24) is 19.8 Å². The first-order valence-electron chi connectivity index (χ1n) is 9.54. The second kappa shape index (κ2) is 6.73. The highest BCUT2D eigenvalue weighted by Crippen LogP contribution is 2.32. The molecule has 0 spiro atoms. The van der Waals surface area contributed by atoms with Crippen LogP contribution in [0.2, 0.25) is 0 Å². The number of likely N-dealkylation sites (tertiary alicyclic amines) is 1. The third-order valence-electron chi connectivity index (χ3n) is 5.92. The standard InChI is InChI=1S/C19H26N4O2/c1-13(24)23-9-3-2-7-17(23)18-20-11-15-12-22(10-8-16(15)21-18)19(25)14-5-4-6-14/h11,14,17H,2-10,12H2,1H3. The molecule has 1 aromatic heterocycles. The van der Waals surface area contributed by atoms with Crippen molar-refractivity contribution in [3.8, 4) is 0 Å². The van der Waals surface area contributed by atoms with Gasteiger partial charge in [0, 0.05) is 50.7 Å². The summed E-state index contributed by atoms with van der Waals surface area (Å²) in [6.45, 7) is 3.80. The molecule has 2 fully saturated rings. The minimum Gasteiger partial charge on any atom is -0.338 e. The zero-order chi connectivity index (χ0) is 17.4. The van der Waals surface area contributed by atoms with Gasteiger partial charge in [0.2, 0.25) is 11.8 Å². The molecule has 0 N–H and O–H groups in total. The van der Waals surface area contributed by atoms with Gasteiger partial charge < -0.3 is 9.80 Å². The lowest BCUT2D eigenvalue weighted by Gasteiger charge is -2.36. The zero-order valence-electron chi connectivity index (χ0n) is 14.9. The first kappa shape index (κ1) is 16.5. The van der Waals surface area contributed by atoms with E-state index in [2.05, 4.69) is 4.98 Å². The molecule has 134 valence electrons. The molecular weight excluding hydrogens is 316 g/mol. The summed E-state index contributed by atoms with van der Waals surface area (Å²) in [5.74, 6) is 1.42. The monoisotopic (exact) mass is 342 g/mol. The number of rotatable bonds is 2. The van der Waals surface area contributed by atoms with Crippen LogP contribution >= 0.6 is 0 Å². The Balaban J connectivity index is 1.51. The number of fused-ring (bicyclic) bond motifs is 1. The first-order chi connectivity index (χ1) is 12.1. The number of hydrogen-bond acceptors (Lipinski definition) is 4. The fourth-order valence-electron chi connectivity index (χ4n) is 4.17. The van der Waals surface area contributed by atoms with Crippen molar-refractivity contribution in [3.63, 3.8) is 0 Å². The second-order valence-corrected chi connectivity index (χ2v) is 7.56. The van der Waals surface area contributed by atoms with Crippen LogP contribution in [-0.4, -0.2) is 44.7 Å². The Morgan fingerprint density at radius 3 is 2.68 bits per heavy atom. The average Bonchev–Trinajstić information content (AvgIpc) is 2.59. The summed E-state index contributed by atoms with van der Waals surface area (Å²) < 4.78 is 0. The minimum absolute atomic E-state index is 0.00573. The summed E-state index contributed by atoms with van der Waals surface area (Å²) in [6.07, 6.45) is 9.03. The lowest BCUT2D eigenvalue weighted by molar-refractivity contribution is -0.139. The summed E-state index contributed by atoms with van der Waals surface area (Å²) in [5.41, 5.74) is 2.12. The molecule has 3 heterocycles. The highest BCUT2D eigenvalue weighted by Gasteiger charge is 2.33. The number of carbonyl (C=O) groups excluding carboxylic acids is 2. The van der Waals surface area contributed by atoms with Gasteiger partial charge in [0.1, 0.15) is 0 Å². The molecule has 2 amide bonds. The Kier molecular flexibility index (Phi) is 4.44. The fourth-order valence-corrected chi connectivity index (χ4v) is 4.17. The SMILES string of the molecule is CC(=O)N1CCCCC1c1ncc2c(n1)CCN(C(=O)C1CCC1)C2. The van der Waals surface area contributed by atoms with E-state index in [4.69, 9.17) is 4.98 Å². The van der Waals surface area contributed by atoms with E-state index in [1.165, 1.54) is 6.42 Å². The molecule has 1 saturated heterocycles. The highest BCUT2D eigenvalue weighted by atomic mass is 16.2. The molecule has 1 aromatic rings. The smallest absolute Gasteiger partial charge is 0.225 e. The van der Waals surface area contributed by atoms with E-state index in [1.54, 1.807) is 6.92 Å². The van der Waals surface area contributed by atoms with Gasteiger partial charge in [-0.15, -0.1) is 0 Å². The first-order valence-corrected chi connectivity index (χ1v) is 9.54. The summed E-state index contributed by atoms with van der Waals surface area (Å²) in [4.78, 5) is 37.6. The Bertz CT molecular complexity index is 686. The van der Waals surface area contributed by atoms with Crippen LogP contribution in [0.3, 0.4) is 0 Å². The van der Waals surface area contributed by atoms with Crippen molar-refractivity contribution in [3.05, 3.63) is 23.3 Å². The molecular formula is C19H26N4O2. The summed E-state index contributed by atoms with van der Waals surface area (Å²) >= 11 is 0. The van der Waals surface area contributed by atoms with Crippen LogP contribution in [-0.2, 0) is 22.6 Å². The topological polar surface area (TPSA) is 66.4 Å². The van der Waals surface area contributed by atoms with Crippen LogP contribution in [0.1, 0.15) is 68.6 Å². The quantitative estimate of drug-likeness (QED) is 0.827. The van der Waals surface area contributed by atoms with Crippen molar-refractivity contribution in [1.29, 1.82) is 0 Å². The van der Waals surface area contributed by atoms with E-state index in [9.17, 15) is 9.59 Å². The van der Waals surface area contributed by atoms with Crippen LogP contribution in [0.5, 0.6) is 0 Å². The highest BCUT2D eigenvalue weighted by molar-refractivity contribution is 5.79. The van der Waals surface area contributed by atoms with E-state index in [0.29, 0.717) is 12.5 Å². The third-order valence-corrected chi connectivity index (χ3v) is 5.92. The maximum absolute atomic E-state index is 12.5. The van der Waals surface area contributed by atoms with Gasteiger partial charge >= 0.3 is 0 Å². The number of carbonyl (C=O) groups is 2. The molecule has 4 rings (SSSR count). The van der Waals surface area contributed by atoms with Crippen molar-refractivity contribution in [2.75, 3.05) is 13.1 Å². The normalized spacial score (nSPS) is 23.8. The van der Waals surface area contributed by atoms with Gasteiger partial charge in [-0.25, -0.2) is 9.97 Å². The van der Waals surface area contributed by atoms with Crippen LogP contribution in [0.4, 0.5) is 0 Å². The van der Waals surface area contributed by atoms with Gasteiger partial charge in [-0.2, -0.15) is 0 Å². The third kappa shape index (κ3) is 3.14. The Hall–Kier alpha value is -1.98. The van der Waals surface area contributed by atoms with Crippen LogP contribution in [0.25, 0.3) is 0 Å². The molecule has 2 aliphatic heterocycles. The molecule has 25 heavy (non-hydrogen) atoms. The molecule has 1 atom stereocenters. The van der Waals surface area contributed by atoms with E-state index in [-0.39, 0.29) is 17.9 Å². The maximum Gasteiger partial charge on any atom is 0.225 e. The summed E-state index contributed by atoms with van der Waals surface area (Å²) in [6, 6.07) is 0.00573. The van der Waals surface area contributed by atoms with Gasteiger partial charge in [0.25, 0.3) is 0 Å². The number of piperidine rings is 1. The Labute approximate surface area is 148 Å². The molecule has 0 aromatic carbocycles. The van der Waals surface area contributed by atoms with Gasteiger partial charge in [0.15, 0.2) is 5.82 Å². The molecule has 6 heteroatoms. The van der Waals surface area contributed by atoms with Crippen molar-refractivity contribution >= 4 is 11.8 Å². The molecule has 1 unspecified atom stereocenters. The largest absolute Gasteiger partial charge is 0.338 e. The Morgan fingerprint density at radius 2 is 1.96 bits per heavy atom. The zero-order valence-corrected chi connectivity index (χ0v) is 14.9. The number of hydrogen-bond donors (Lipinski definition) is 0. The maximum atomic E-state index is 12.5. The van der Waals surface area contributed by atoms with Crippen molar-refractivity contribution in [2.45, 2.75) is 64.5 Å². The predicted molar refractivity (Wildman–Crippen MR) is 92.5 cm³/mol. The van der Waals surface area contributed by atoms with E-state index in [1.807, 2.05) is 16.0 Å². The van der Waals surface area contributed by atoms with Crippen LogP contribution < -0.4 is 0 Å². The average molecular weight is 342 g/mol. The van der Waals surface area contributed by atoms with Gasteiger partial charge in [-0.05, 0) is 32.1 Å². The second-order valence-electron chi connectivity index (χ2n) is 7.56. The molecule has 0 radical (unpaired) electrons. The van der Waals surface area contributed by atoms with Gasteiger partial charge in [0.05, 0.1) is 11.7 Å². The Morgan fingerprint density at radius 1 is 1.12 bits per heavy atom. The lowest BCUT2D eigenvalue weighted by Crippen LogP contribution is -2.42. The van der Waals surface area contributed by atoms with Crippen LogP contribution in [0, 0.1) is 5.92 Å². The van der Waals surface area contributed by atoms with Crippen LogP contribution in [0.15, 0.2) is 6.20 Å². The predicted octanol–water partition coefficient (Wildman–Crippen LogP) is 2.23. The summed E-state index contributed by atoms with van der Waals surface area (Å²) in [7, 11) is 0. The molecule has 6 nitrogen and oxygen atoms in total. The van der Waals surface area contributed by atoms with Gasteiger partial charge in [-0.1, -0.05) is 6.42 Å².